The summed E-state index contributed by atoms with van der Waals surface area (Å²) in [4.78, 5) is 13.0. The number of aryl methyl sites for hydroxylation is 1. The molecular formula is C12H11N3O5S. The van der Waals surface area contributed by atoms with E-state index < -0.39 is 21.6 Å². The van der Waals surface area contributed by atoms with Gasteiger partial charge in [0.15, 0.2) is 0 Å². The van der Waals surface area contributed by atoms with Crippen molar-refractivity contribution in [2.45, 2.75) is 11.8 Å². The zero-order valence-electron chi connectivity index (χ0n) is 10.8. The minimum absolute atomic E-state index is 0.105. The maximum Gasteiger partial charge on any atom is 0.294 e. The van der Waals surface area contributed by atoms with Crippen LogP contribution in [0.5, 0.6) is 5.88 Å². The van der Waals surface area contributed by atoms with Gasteiger partial charge in [-0.25, -0.2) is 0 Å². The first kappa shape index (κ1) is 14.9. The number of H-pyrrole nitrogens is 1. The van der Waals surface area contributed by atoms with Gasteiger partial charge in [0, 0.05) is 6.07 Å². The lowest BCUT2D eigenvalue weighted by Gasteiger charge is -2.01. The Morgan fingerprint density at radius 1 is 1.14 bits per heavy atom. The van der Waals surface area contributed by atoms with Crippen molar-refractivity contribution in [2.24, 2.45) is 10.2 Å². The molecule has 0 radical (unpaired) electrons. The maximum absolute atomic E-state index is 11.1. The molecule has 0 saturated carbocycles. The number of nitrogens with zero attached hydrogens (tertiary/aromatic N) is 2. The molecule has 3 N–H and O–H groups in total. The summed E-state index contributed by atoms with van der Waals surface area (Å²) in [5.41, 5.74) is 0.400. The van der Waals surface area contributed by atoms with Crippen LogP contribution in [-0.4, -0.2) is 23.1 Å². The third-order valence-corrected chi connectivity index (χ3v) is 3.45. The van der Waals surface area contributed by atoms with Gasteiger partial charge in [0.05, 0.1) is 10.6 Å². The number of hydrogen-bond donors (Lipinski definition) is 3. The summed E-state index contributed by atoms with van der Waals surface area (Å²) < 4.78 is 30.6. The molecule has 0 amide bonds. The fourth-order valence-electron chi connectivity index (χ4n) is 1.58. The average Bonchev–Trinajstić information content (AvgIpc) is 2.37. The molecule has 1 aromatic carbocycles. The monoisotopic (exact) mass is 309 g/mol. The second kappa shape index (κ2) is 5.46. The Hall–Kier alpha value is -2.52. The predicted molar refractivity (Wildman–Crippen MR) is 73.9 cm³/mol. The second-order valence-corrected chi connectivity index (χ2v) is 5.60. The highest BCUT2D eigenvalue weighted by Crippen LogP contribution is 2.28. The number of aromatic hydroxyl groups is 1. The molecule has 0 saturated heterocycles. The van der Waals surface area contributed by atoms with Gasteiger partial charge in [0.1, 0.15) is 5.69 Å². The normalized spacial score (nSPS) is 11.9. The summed E-state index contributed by atoms with van der Waals surface area (Å²) in [6.07, 6.45) is 0. The van der Waals surface area contributed by atoms with Gasteiger partial charge < -0.3 is 5.11 Å². The Labute approximate surface area is 119 Å². The molecule has 0 unspecified atom stereocenters. The van der Waals surface area contributed by atoms with E-state index in [1.165, 1.54) is 30.3 Å². The molecule has 1 aromatic heterocycles. The van der Waals surface area contributed by atoms with E-state index in [0.717, 1.165) is 0 Å². The van der Waals surface area contributed by atoms with Gasteiger partial charge in [0.25, 0.3) is 15.7 Å². The van der Waals surface area contributed by atoms with Crippen LogP contribution < -0.4 is 5.56 Å². The lowest BCUT2D eigenvalue weighted by atomic mass is 10.2. The number of pyridine rings is 1. The fraction of sp³-hybridized carbons (Fsp3) is 0.0833. The fourth-order valence-corrected chi connectivity index (χ4v) is 2.06. The Morgan fingerprint density at radius 3 is 2.29 bits per heavy atom. The SMILES string of the molecule is Cc1cc(=O)[nH]c(O)c1N=Nc1ccc(S(=O)(=O)O)cc1. The molecule has 21 heavy (non-hydrogen) atoms. The van der Waals surface area contributed by atoms with Crippen molar-refractivity contribution in [2.75, 3.05) is 0 Å². The highest BCUT2D eigenvalue weighted by Gasteiger charge is 2.09. The molecule has 2 rings (SSSR count). The third-order valence-electron chi connectivity index (χ3n) is 2.59. The van der Waals surface area contributed by atoms with Gasteiger partial charge in [-0.1, -0.05) is 0 Å². The molecular weight excluding hydrogens is 298 g/mol. The van der Waals surface area contributed by atoms with Crippen LogP contribution in [0.3, 0.4) is 0 Å². The molecule has 0 atom stereocenters. The number of azo groups is 1. The topological polar surface area (TPSA) is 132 Å². The lowest BCUT2D eigenvalue weighted by Crippen LogP contribution is -2.03. The largest absolute Gasteiger partial charge is 0.493 e. The van der Waals surface area contributed by atoms with Crippen molar-refractivity contribution < 1.29 is 18.1 Å². The smallest absolute Gasteiger partial charge is 0.294 e. The number of aromatic amines is 1. The maximum atomic E-state index is 11.1. The quantitative estimate of drug-likeness (QED) is 0.589. The van der Waals surface area contributed by atoms with Crippen molar-refractivity contribution in [1.29, 1.82) is 0 Å². The lowest BCUT2D eigenvalue weighted by molar-refractivity contribution is 0.452. The molecule has 0 fully saturated rings. The molecule has 0 aliphatic heterocycles. The molecule has 110 valence electrons. The molecule has 8 nitrogen and oxygen atoms in total. The summed E-state index contributed by atoms with van der Waals surface area (Å²) in [6, 6.07) is 6.28. The molecule has 0 aliphatic rings. The van der Waals surface area contributed by atoms with E-state index in [1.807, 2.05) is 0 Å². The minimum Gasteiger partial charge on any atom is -0.493 e. The number of rotatable bonds is 3. The summed E-state index contributed by atoms with van der Waals surface area (Å²) in [5.74, 6) is -0.404. The first-order chi connectivity index (χ1) is 9.77. The Balaban J connectivity index is 2.32. The van der Waals surface area contributed by atoms with Crippen LogP contribution in [0.15, 0.2) is 50.3 Å². The van der Waals surface area contributed by atoms with Crippen LogP contribution in [0.25, 0.3) is 0 Å². The molecule has 0 bridgehead atoms. The van der Waals surface area contributed by atoms with E-state index in [1.54, 1.807) is 6.92 Å². The Morgan fingerprint density at radius 2 is 1.76 bits per heavy atom. The van der Waals surface area contributed by atoms with Gasteiger partial charge in [-0.05, 0) is 36.8 Å². The van der Waals surface area contributed by atoms with Crippen LogP contribution in [-0.2, 0) is 10.1 Å². The van der Waals surface area contributed by atoms with Crippen LogP contribution >= 0.6 is 0 Å². The summed E-state index contributed by atoms with van der Waals surface area (Å²) >= 11 is 0. The second-order valence-electron chi connectivity index (χ2n) is 4.18. The zero-order valence-corrected chi connectivity index (χ0v) is 11.6. The van der Waals surface area contributed by atoms with Crippen LogP contribution in [0, 0.1) is 6.92 Å². The highest BCUT2D eigenvalue weighted by molar-refractivity contribution is 7.85. The van der Waals surface area contributed by atoms with Crippen molar-refractivity contribution in [1.82, 2.24) is 4.98 Å². The van der Waals surface area contributed by atoms with Crippen molar-refractivity contribution in [3.05, 3.63) is 46.2 Å². The van der Waals surface area contributed by atoms with Crippen LogP contribution in [0.1, 0.15) is 5.56 Å². The molecule has 1 heterocycles. The summed E-state index contributed by atoms with van der Waals surface area (Å²) in [5, 5.41) is 17.2. The Bertz CT molecular complexity index is 827. The number of hydrogen-bond acceptors (Lipinski definition) is 6. The van der Waals surface area contributed by atoms with E-state index in [2.05, 4.69) is 15.2 Å². The molecule has 0 aliphatic carbocycles. The van der Waals surface area contributed by atoms with Gasteiger partial charge in [-0.2, -0.15) is 13.5 Å². The van der Waals surface area contributed by atoms with Gasteiger partial charge in [-0.15, -0.1) is 5.11 Å². The summed E-state index contributed by atoms with van der Waals surface area (Å²) in [6.45, 7) is 1.59. The van der Waals surface area contributed by atoms with E-state index in [4.69, 9.17) is 4.55 Å². The van der Waals surface area contributed by atoms with Crippen LogP contribution in [0.2, 0.25) is 0 Å². The molecule has 2 aromatic rings. The van der Waals surface area contributed by atoms with Gasteiger partial charge in [0.2, 0.25) is 5.88 Å². The molecule has 0 spiro atoms. The van der Waals surface area contributed by atoms with E-state index in [9.17, 15) is 18.3 Å². The minimum atomic E-state index is -4.26. The average molecular weight is 309 g/mol. The number of benzene rings is 1. The van der Waals surface area contributed by atoms with Gasteiger partial charge in [-0.3, -0.25) is 14.3 Å². The van der Waals surface area contributed by atoms with E-state index >= 15 is 0 Å². The number of nitrogens with one attached hydrogen (secondary N) is 1. The van der Waals surface area contributed by atoms with Crippen molar-refractivity contribution in [3.8, 4) is 5.88 Å². The number of aromatic nitrogens is 1. The van der Waals surface area contributed by atoms with E-state index in [-0.39, 0.29) is 10.6 Å². The highest BCUT2D eigenvalue weighted by atomic mass is 32.2. The predicted octanol–water partition coefficient (Wildman–Crippen LogP) is 2.05. The first-order valence-corrected chi connectivity index (χ1v) is 7.13. The Kier molecular flexibility index (Phi) is 3.87. The zero-order chi connectivity index (χ0) is 15.6. The van der Waals surface area contributed by atoms with Crippen molar-refractivity contribution >= 4 is 21.5 Å². The third kappa shape index (κ3) is 3.52. The van der Waals surface area contributed by atoms with Crippen LogP contribution in [0.4, 0.5) is 11.4 Å². The summed E-state index contributed by atoms with van der Waals surface area (Å²) in [7, 11) is -4.26. The standard InChI is InChI=1S/C12H11N3O5S/c1-7-6-10(16)13-12(17)11(7)15-14-8-2-4-9(5-3-8)21(18,19)20/h2-6H,1H3,(H2,13,16,17)(H,18,19,20). The van der Waals surface area contributed by atoms with Gasteiger partial charge >= 0.3 is 0 Å². The van der Waals surface area contributed by atoms with Crippen molar-refractivity contribution in [3.63, 3.8) is 0 Å². The first-order valence-electron chi connectivity index (χ1n) is 5.69. The van der Waals surface area contributed by atoms with E-state index in [0.29, 0.717) is 11.3 Å². The molecule has 9 heteroatoms.